The molecule has 0 unspecified atom stereocenters. The van der Waals surface area contributed by atoms with Crippen molar-refractivity contribution in [1.82, 2.24) is 9.55 Å². The van der Waals surface area contributed by atoms with Crippen LogP contribution < -0.4 is 0 Å². The van der Waals surface area contributed by atoms with Crippen LogP contribution in [0.25, 0.3) is 11.0 Å². The lowest BCUT2D eigenvalue weighted by molar-refractivity contribution is 0.0957. The molecule has 0 atom stereocenters. The maximum atomic E-state index is 13.1. The molecule has 0 aliphatic carbocycles. The topological polar surface area (TPSA) is 34.9 Å². The maximum absolute atomic E-state index is 13.1. The fourth-order valence-corrected chi connectivity index (χ4v) is 2.67. The molecule has 0 radical (unpaired) electrons. The predicted molar refractivity (Wildman–Crippen MR) is 89.3 cm³/mol. The molecule has 0 spiro atoms. The molecule has 3 heteroatoms. The van der Waals surface area contributed by atoms with Gasteiger partial charge in [0.25, 0.3) is 5.91 Å². The van der Waals surface area contributed by atoms with Crippen LogP contribution in [0.4, 0.5) is 0 Å². The number of carbonyl (C=O) groups is 1. The average Bonchev–Trinajstić information content (AvgIpc) is 2.86. The van der Waals surface area contributed by atoms with Crippen molar-refractivity contribution in [2.45, 2.75) is 33.1 Å². The van der Waals surface area contributed by atoms with Crippen molar-refractivity contribution in [3.8, 4) is 0 Å². The third-order valence-electron chi connectivity index (χ3n) is 3.81. The SMILES string of the molecule is Cc1ccccc1C(=O)n1c(C(C)(C)C)nc2ccccc21. The van der Waals surface area contributed by atoms with Crippen molar-refractivity contribution in [3.05, 3.63) is 65.5 Å². The van der Waals surface area contributed by atoms with Crippen molar-refractivity contribution < 1.29 is 4.79 Å². The van der Waals surface area contributed by atoms with Crippen LogP contribution >= 0.6 is 0 Å². The van der Waals surface area contributed by atoms with Crippen LogP contribution in [0.3, 0.4) is 0 Å². The van der Waals surface area contributed by atoms with E-state index in [1.807, 2.05) is 55.5 Å². The minimum Gasteiger partial charge on any atom is -0.268 e. The van der Waals surface area contributed by atoms with Crippen LogP contribution in [0, 0.1) is 6.92 Å². The highest BCUT2D eigenvalue weighted by molar-refractivity contribution is 6.02. The van der Waals surface area contributed by atoms with E-state index in [0.717, 1.165) is 28.0 Å². The lowest BCUT2D eigenvalue weighted by atomic mass is 9.95. The van der Waals surface area contributed by atoms with E-state index in [2.05, 4.69) is 20.8 Å². The van der Waals surface area contributed by atoms with Gasteiger partial charge in [-0.3, -0.25) is 9.36 Å². The summed E-state index contributed by atoms with van der Waals surface area (Å²) in [6.07, 6.45) is 0. The van der Waals surface area contributed by atoms with Crippen LogP contribution in [0.2, 0.25) is 0 Å². The fourth-order valence-electron chi connectivity index (χ4n) is 2.67. The van der Waals surface area contributed by atoms with Crippen molar-refractivity contribution in [2.24, 2.45) is 0 Å². The summed E-state index contributed by atoms with van der Waals surface area (Å²) in [6, 6.07) is 15.5. The third kappa shape index (κ3) is 2.33. The van der Waals surface area contributed by atoms with Crippen LogP contribution in [0.5, 0.6) is 0 Å². The number of aryl methyl sites for hydroxylation is 1. The first-order valence-corrected chi connectivity index (χ1v) is 7.48. The summed E-state index contributed by atoms with van der Waals surface area (Å²) in [7, 11) is 0. The molecule has 0 amide bonds. The van der Waals surface area contributed by atoms with Gasteiger partial charge in [-0.25, -0.2) is 4.98 Å². The summed E-state index contributed by atoms with van der Waals surface area (Å²) in [5, 5.41) is 0. The van der Waals surface area contributed by atoms with Crippen molar-refractivity contribution >= 4 is 16.9 Å². The van der Waals surface area contributed by atoms with Crippen LogP contribution in [-0.2, 0) is 5.41 Å². The maximum Gasteiger partial charge on any atom is 0.264 e. The first kappa shape index (κ1) is 14.5. The van der Waals surface area contributed by atoms with E-state index >= 15 is 0 Å². The molecule has 0 saturated carbocycles. The number of benzene rings is 2. The molecule has 0 bridgehead atoms. The summed E-state index contributed by atoms with van der Waals surface area (Å²) in [5.74, 6) is 0.777. The Hall–Kier alpha value is -2.42. The fraction of sp³-hybridized carbons (Fsp3) is 0.263. The Kier molecular flexibility index (Phi) is 3.36. The van der Waals surface area contributed by atoms with E-state index in [4.69, 9.17) is 4.98 Å². The Bertz CT molecular complexity index is 853. The highest BCUT2D eigenvalue weighted by Gasteiger charge is 2.27. The molecule has 112 valence electrons. The van der Waals surface area contributed by atoms with Gasteiger partial charge in [0, 0.05) is 11.0 Å². The quantitative estimate of drug-likeness (QED) is 0.669. The Morgan fingerprint density at radius 1 is 1.00 bits per heavy atom. The molecule has 1 aromatic heterocycles. The predicted octanol–water partition coefficient (Wildman–Crippen LogP) is 4.33. The highest BCUT2D eigenvalue weighted by Crippen LogP contribution is 2.27. The molecule has 0 aliphatic rings. The lowest BCUT2D eigenvalue weighted by Gasteiger charge is -2.19. The zero-order chi connectivity index (χ0) is 15.9. The van der Waals surface area contributed by atoms with Gasteiger partial charge in [-0.05, 0) is 30.7 Å². The lowest BCUT2D eigenvalue weighted by Crippen LogP contribution is -2.24. The number of nitrogens with zero attached hydrogens (tertiary/aromatic N) is 2. The van der Waals surface area contributed by atoms with Crippen molar-refractivity contribution in [2.75, 3.05) is 0 Å². The van der Waals surface area contributed by atoms with E-state index in [1.165, 1.54) is 0 Å². The van der Waals surface area contributed by atoms with Gasteiger partial charge in [0.2, 0.25) is 0 Å². The molecule has 0 fully saturated rings. The monoisotopic (exact) mass is 292 g/mol. The summed E-state index contributed by atoms with van der Waals surface area (Å²) >= 11 is 0. The number of hydrogen-bond donors (Lipinski definition) is 0. The normalized spacial score (nSPS) is 11.8. The van der Waals surface area contributed by atoms with Crippen LogP contribution in [0.15, 0.2) is 48.5 Å². The minimum atomic E-state index is -0.211. The molecule has 3 rings (SSSR count). The van der Waals surface area contributed by atoms with E-state index in [9.17, 15) is 4.79 Å². The standard InChI is InChI=1S/C19H20N2O/c1-13-9-5-6-10-14(13)17(22)21-16-12-8-7-11-15(16)20-18(21)19(2,3)4/h5-12H,1-4H3. The molecule has 3 nitrogen and oxygen atoms in total. The van der Waals surface area contributed by atoms with Crippen molar-refractivity contribution in [3.63, 3.8) is 0 Å². The number of fused-ring (bicyclic) bond motifs is 1. The molecule has 0 aliphatic heterocycles. The van der Waals surface area contributed by atoms with Gasteiger partial charge < -0.3 is 0 Å². The van der Waals surface area contributed by atoms with E-state index < -0.39 is 0 Å². The Balaban J connectivity index is 2.30. The molecule has 22 heavy (non-hydrogen) atoms. The molecule has 0 saturated heterocycles. The highest BCUT2D eigenvalue weighted by atomic mass is 16.2. The van der Waals surface area contributed by atoms with Crippen molar-refractivity contribution in [1.29, 1.82) is 0 Å². The molecule has 0 N–H and O–H groups in total. The first-order chi connectivity index (χ1) is 10.4. The second-order valence-corrected chi connectivity index (χ2v) is 6.63. The van der Waals surface area contributed by atoms with Crippen LogP contribution in [-0.4, -0.2) is 15.5 Å². The van der Waals surface area contributed by atoms with E-state index in [-0.39, 0.29) is 11.3 Å². The zero-order valence-corrected chi connectivity index (χ0v) is 13.4. The number of imidazole rings is 1. The molecular formula is C19H20N2O. The summed E-state index contributed by atoms with van der Waals surface area (Å²) in [6.45, 7) is 8.20. The summed E-state index contributed by atoms with van der Waals surface area (Å²) in [4.78, 5) is 17.8. The number of para-hydroxylation sites is 2. The largest absolute Gasteiger partial charge is 0.268 e. The van der Waals surface area contributed by atoms with Gasteiger partial charge in [0.15, 0.2) is 0 Å². The Morgan fingerprint density at radius 3 is 2.32 bits per heavy atom. The zero-order valence-electron chi connectivity index (χ0n) is 13.4. The number of aromatic nitrogens is 2. The second kappa shape index (κ2) is 5.09. The van der Waals surface area contributed by atoms with E-state index in [1.54, 1.807) is 4.57 Å². The minimum absolute atomic E-state index is 0.0169. The Morgan fingerprint density at radius 2 is 1.64 bits per heavy atom. The first-order valence-electron chi connectivity index (χ1n) is 7.48. The van der Waals surface area contributed by atoms with Gasteiger partial charge >= 0.3 is 0 Å². The summed E-state index contributed by atoms with van der Waals surface area (Å²) in [5.41, 5.74) is 3.20. The number of carbonyl (C=O) groups excluding carboxylic acids is 1. The smallest absolute Gasteiger partial charge is 0.264 e. The average molecular weight is 292 g/mol. The third-order valence-corrected chi connectivity index (χ3v) is 3.81. The second-order valence-electron chi connectivity index (χ2n) is 6.63. The molecule has 1 heterocycles. The number of hydrogen-bond acceptors (Lipinski definition) is 2. The van der Waals surface area contributed by atoms with Gasteiger partial charge in [0.05, 0.1) is 11.0 Å². The summed E-state index contributed by atoms with van der Waals surface area (Å²) < 4.78 is 1.76. The number of rotatable bonds is 1. The Labute approximate surface area is 130 Å². The molecule has 2 aromatic carbocycles. The molecular weight excluding hydrogens is 272 g/mol. The van der Waals surface area contributed by atoms with Crippen LogP contribution in [0.1, 0.15) is 42.5 Å². The van der Waals surface area contributed by atoms with E-state index in [0.29, 0.717) is 0 Å². The molecule has 3 aromatic rings. The van der Waals surface area contributed by atoms with Gasteiger partial charge in [-0.2, -0.15) is 0 Å². The van der Waals surface area contributed by atoms with Gasteiger partial charge in [0.1, 0.15) is 5.82 Å². The van der Waals surface area contributed by atoms with Gasteiger partial charge in [-0.15, -0.1) is 0 Å². The van der Waals surface area contributed by atoms with Gasteiger partial charge in [-0.1, -0.05) is 51.1 Å².